The van der Waals surface area contributed by atoms with Gasteiger partial charge in [-0.15, -0.1) is 23.4 Å². The van der Waals surface area contributed by atoms with Gasteiger partial charge in [-0.25, -0.2) is 0 Å². The highest BCUT2D eigenvalue weighted by molar-refractivity contribution is 8.71. The minimum Gasteiger partial charge on any atom is -0.304 e. The minimum atomic E-state index is 0.246. The second kappa shape index (κ2) is 6.64. The highest BCUT2D eigenvalue weighted by Crippen LogP contribution is 2.38. The maximum Gasteiger partial charge on any atom is 0.0656 e. The molecule has 0 amide bonds. The van der Waals surface area contributed by atoms with Crippen LogP contribution in [0.1, 0.15) is 13.8 Å². The van der Waals surface area contributed by atoms with Crippen LogP contribution in [0.4, 0.5) is 0 Å². The Morgan fingerprint density at radius 1 is 1.20 bits per heavy atom. The molecule has 0 atom stereocenters. The van der Waals surface area contributed by atoms with Crippen molar-refractivity contribution in [1.29, 1.82) is 0 Å². The summed E-state index contributed by atoms with van der Waals surface area (Å²) in [7, 11) is 3.85. The van der Waals surface area contributed by atoms with Crippen molar-refractivity contribution in [2.45, 2.75) is 17.9 Å². The molecule has 0 aromatic rings. The first-order chi connectivity index (χ1) is 7.03. The maximum atomic E-state index is 4.29. The topological polar surface area (TPSA) is 6.48 Å². The van der Waals surface area contributed by atoms with Gasteiger partial charge in [0.05, 0.1) is 4.08 Å². The summed E-state index contributed by atoms with van der Waals surface area (Å²) in [4.78, 5) is 4.96. The molecule has 90 valence electrons. The van der Waals surface area contributed by atoms with Gasteiger partial charge in [0.1, 0.15) is 0 Å². The summed E-state index contributed by atoms with van der Waals surface area (Å²) in [6, 6.07) is 0. The number of nitrogens with zero attached hydrogens (tertiary/aromatic N) is 2. The molecule has 0 spiro atoms. The predicted molar refractivity (Wildman–Crippen MR) is 77.1 cm³/mol. The van der Waals surface area contributed by atoms with Crippen molar-refractivity contribution >= 4 is 34.2 Å². The van der Waals surface area contributed by atoms with Gasteiger partial charge in [0.15, 0.2) is 0 Å². The zero-order chi connectivity index (χ0) is 11.3. The van der Waals surface area contributed by atoms with E-state index in [9.17, 15) is 0 Å². The molecule has 0 aromatic carbocycles. The van der Waals surface area contributed by atoms with Gasteiger partial charge < -0.3 is 4.90 Å². The first kappa shape index (κ1) is 14.0. The quantitative estimate of drug-likeness (QED) is 0.463. The Labute approximate surface area is 107 Å². The molecule has 0 radical (unpaired) electrons. The summed E-state index contributed by atoms with van der Waals surface area (Å²) >= 11 is 6.29. The molecule has 2 nitrogen and oxygen atoms in total. The van der Waals surface area contributed by atoms with Crippen LogP contribution in [0, 0.1) is 0 Å². The standard InChI is InChI=1S/C10H22N2S3/c1-10(2,15-13)14-9-8-12-6-4-11(3)5-7-12/h13H,4-9H2,1-3H3. The van der Waals surface area contributed by atoms with Gasteiger partial charge in [-0.05, 0) is 20.9 Å². The Morgan fingerprint density at radius 3 is 2.33 bits per heavy atom. The third kappa shape index (κ3) is 5.73. The van der Waals surface area contributed by atoms with Gasteiger partial charge >= 0.3 is 0 Å². The second-order valence-corrected chi connectivity index (χ2v) is 8.21. The second-order valence-electron chi connectivity index (χ2n) is 4.48. The van der Waals surface area contributed by atoms with Crippen LogP contribution in [-0.4, -0.2) is 59.4 Å². The molecule has 1 rings (SSSR count). The van der Waals surface area contributed by atoms with Crippen molar-refractivity contribution in [2.24, 2.45) is 0 Å². The number of hydrogen-bond donors (Lipinski definition) is 1. The summed E-state index contributed by atoms with van der Waals surface area (Å²) in [6.45, 7) is 10.6. The van der Waals surface area contributed by atoms with E-state index >= 15 is 0 Å². The lowest BCUT2D eigenvalue weighted by Gasteiger charge is -2.32. The van der Waals surface area contributed by atoms with Gasteiger partial charge in [-0.3, -0.25) is 4.90 Å². The average molecular weight is 267 g/mol. The van der Waals surface area contributed by atoms with Gasteiger partial charge in [0.2, 0.25) is 0 Å². The smallest absolute Gasteiger partial charge is 0.0656 e. The summed E-state index contributed by atoms with van der Waals surface area (Å²) in [5.74, 6) is 1.21. The molecule has 0 N–H and O–H groups in total. The van der Waals surface area contributed by atoms with Crippen LogP contribution in [0.3, 0.4) is 0 Å². The molecule has 0 aromatic heterocycles. The largest absolute Gasteiger partial charge is 0.304 e. The number of rotatable bonds is 5. The van der Waals surface area contributed by atoms with E-state index in [4.69, 9.17) is 0 Å². The van der Waals surface area contributed by atoms with Crippen molar-refractivity contribution in [3.63, 3.8) is 0 Å². The number of hydrogen-bond acceptors (Lipinski definition) is 5. The van der Waals surface area contributed by atoms with Crippen molar-refractivity contribution in [2.75, 3.05) is 45.5 Å². The van der Waals surface area contributed by atoms with E-state index in [0.29, 0.717) is 0 Å². The Kier molecular flexibility index (Phi) is 6.22. The van der Waals surface area contributed by atoms with Crippen LogP contribution >= 0.6 is 34.2 Å². The van der Waals surface area contributed by atoms with Gasteiger partial charge in [0, 0.05) is 38.5 Å². The third-order valence-electron chi connectivity index (χ3n) is 2.67. The predicted octanol–water partition coefficient (Wildman–Crippen LogP) is 2.28. The van der Waals surface area contributed by atoms with E-state index in [0.717, 1.165) is 0 Å². The van der Waals surface area contributed by atoms with Crippen molar-refractivity contribution in [1.82, 2.24) is 9.80 Å². The first-order valence-corrected chi connectivity index (χ1v) is 8.26. The van der Waals surface area contributed by atoms with E-state index < -0.39 is 0 Å². The lowest BCUT2D eigenvalue weighted by atomic mass is 10.3. The van der Waals surface area contributed by atoms with E-state index in [1.807, 2.05) is 11.8 Å². The molecule has 0 bridgehead atoms. The summed E-state index contributed by atoms with van der Waals surface area (Å²) in [5, 5.41) is 0. The zero-order valence-corrected chi connectivity index (χ0v) is 12.4. The molecule has 1 aliphatic rings. The molecular formula is C10H22N2S3. The normalized spacial score (nSPS) is 20.8. The molecule has 1 aliphatic heterocycles. The van der Waals surface area contributed by atoms with Crippen LogP contribution in [-0.2, 0) is 0 Å². The fourth-order valence-electron chi connectivity index (χ4n) is 1.52. The SMILES string of the molecule is CN1CCN(CCSC(C)(C)SS)CC1. The molecule has 0 aliphatic carbocycles. The van der Waals surface area contributed by atoms with Crippen LogP contribution in [0.25, 0.3) is 0 Å². The fraction of sp³-hybridized carbons (Fsp3) is 1.00. The molecular weight excluding hydrogens is 244 g/mol. The number of thiol groups is 1. The lowest BCUT2D eigenvalue weighted by Crippen LogP contribution is -2.45. The van der Waals surface area contributed by atoms with E-state index in [1.54, 1.807) is 10.8 Å². The third-order valence-corrected chi connectivity index (χ3v) is 6.54. The Morgan fingerprint density at radius 2 is 1.80 bits per heavy atom. The molecule has 5 heteroatoms. The first-order valence-electron chi connectivity index (χ1n) is 5.41. The highest BCUT2D eigenvalue weighted by Gasteiger charge is 2.18. The van der Waals surface area contributed by atoms with E-state index in [-0.39, 0.29) is 4.08 Å². The number of piperazine rings is 1. The van der Waals surface area contributed by atoms with Crippen LogP contribution in [0.2, 0.25) is 0 Å². The summed E-state index contributed by atoms with van der Waals surface area (Å²) < 4.78 is 0.246. The lowest BCUT2D eigenvalue weighted by molar-refractivity contribution is 0.161. The van der Waals surface area contributed by atoms with Crippen molar-refractivity contribution in [3.8, 4) is 0 Å². The molecule has 1 fully saturated rings. The summed E-state index contributed by atoms with van der Waals surface area (Å²) in [6.07, 6.45) is 0. The number of thioether (sulfide) groups is 1. The fourth-order valence-corrected chi connectivity index (χ4v) is 3.29. The Balaban J connectivity index is 2.10. The molecule has 0 unspecified atom stereocenters. The van der Waals surface area contributed by atoms with Crippen molar-refractivity contribution < 1.29 is 0 Å². The molecule has 1 saturated heterocycles. The highest BCUT2D eigenvalue weighted by atomic mass is 33.1. The molecule has 1 heterocycles. The minimum absolute atomic E-state index is 0.246. The van der Waals surface area contributed by atoms with Gasteiger partial charge in [0.25, 0.3) is 0 Å². The number of likely N-dealkylation sites (N-methyl/N-ethyl adjacent to an activating group) is 1. The van der Waals surface area contributed by atoms with Crippen LogP contribution in [0.5, 0.6) is 0 Å². The van der Waals surface area contributed by atoms with Gasteiger partial charge in [-0.2, -0.15) is 0 Å². The van der Waals surface area contributed by atoms with E-state index in [1.165, 1.54) is 38.5 Å². The average Bonchev–Trinajstić information content (AvgIpc) is 2.21. The maximum absolute atomic E-state index is 4.29. The molecule has 15 heavy (non-hydrogen) atoms. The monoisotopic (exact) mass is 266 g/mol. The zero-order valence-electron chi connectivity index (χ0n) is 9.90. The molecule has 0 saturated carbocycles. The van der Waals surface area contributed by atoms with Crippen LogP contribution in [0.15, 0.2) is 0 Å². The van der Waals surface area contributed by atoms with Crippen LogP contribution < -0.4 is 0 Å². The van der Waals surface area contributed by atoms with E-state index in [2.05, 4.69) is 42.4 Å². The van der Waals surface area contributed by atoms with Gasteiger partial charge in [-0.1, -0.05) is 10.8 Å². The Bertz CT molecular complexity index is 180. The van der Waals surface area contributed by atoms with Crippen molar-refractivity contribution in [3.05, 3.63) is 0 Å². The summed E-state index contributed by atoms with van der Waals surface area (Å²) in [5.41, 5.74) is 0. The Hall–Kier alpha value is 0.970.